The average Bonchev–Trinajstić information content (AvgIpc) is 2.26. The quantitative estimate of drug-likeness (QED) is 0.626. The second-order valence-corrected chi connectivity index (χ2v) is 4.06. The van der Waals surface area contributed by atoms with E-state index in [1.807, 2.05) is 0 Å². The maximum atomic E-state index is 12.1. The molecule has 0 aliphatic carbocycles. The van der Waals surface area contributed by atoms with E-state index in [0.29, 0.717) is 5.56 Å². The van der Waals surface area contributed by atoms with Gasteiger partial charge in [-0.25, -0.2) is 4.79 Å². The van der Waals surface area contributed by atoms with Gasteiger partial charge in [0.25, 0.3) is 0 Å². The van der Waals surface area contributed by atoms with Crippen molar-refractivity contribution in [3.05, 3.63) is 27.7 Å². The minimum absolute atomic E-state index is 0.0243. The van der Waals surface area contributed by atoms with Crippen molar-refractivity contribution >= 4 is 33.5 Å². The van der Waals surface area contributed by atoms with Gasteiger partial charge in [0.15, 0.2) is 0 Å². The molecule has 0 spiro atoms. The molecule has 7 heteroatoms. The fourth-order valence-electron chi connectivity index (χ4n) is 1.24. The molecular formula is C10H8BrClF2O3. The van der Waals surface area contributed by atoms with Gasteiger partial charge in [-0.15, -0.1) is 11.6 Å². The van der Waals surface area contributed by atoms with Gasteiger partial charge in [-0.2, -0.15) is 8.78 Å². The number of esters is 1. The van der Waals surface area contributed by atoms with Crippen LogP contribution in [0, 0.1) is 0 Å². The maximum absolute atomic E-state index is 12.1. The van der Waals surface area contributed by atoms with Crippen molar-refractivity contribution in [1.29, 1.82) is 0 Å². The van der Waals surface area contributed by atoms with Gasteiger partial charge >= 0.3 is 12.6 Å². The van der Waals surface area contributed by atoms with Gasteiger partial charge in [0.05, 0.1) is 12.7 Å². The van der Waals surface area contributed by atoms with Crippen LogP contribution in [0.25, 0.3) is 0 Å². The summed E-state index contributed by atoms with van der Waals surface area (Å²) in [6.07, 6.45) is 0. The summed E-state index contributed by atoms with van der Waals surface area (Å²) in [5.41, 5.74) is 0.549. The summed E-state index contributed by atoms with van der Waals surface area (Å²) in [7, 11) is 1.22. The van der Waals surface area contributed by atoms with E-state index in [-0.39, 0.29) is 21.7 Å². The molecule has 0 saturated carbocycles. The number of hydrogen-bond acceptors (Lipinski definition) is 3. The first-order valence-electron chi connectivity index (χ1n) is 4.41. The zero-order valence-corrected chi connectivity index (χ0v) is 11.0. The summed E-state index contributed by atoms with van der Waals surface area (Å²) in [6, 6.07) is 2.53. The molecule has 1 aromatic rings. The number of rotatable bonds is 4. The highest BCUT2D eigenvalue weighted by atomic mass is 79.9. The molecule has 0 unspecified atom stereocenters. The van der Waals surface area contributed by atoms with Crippen LogP contribution in [0.4, 0.5) is 8.78 Å². The number of halogens is 4. The highest BCUT2D eigenvalue weighted by molar-refractivity contribution is 9.10. The lowest BCUT2D eigenvalue weighted by molar-refractivity contribution is -0.0499. The lowest BCUT2D eigenvalue weighted by Crippen LogP contribution is -2.08. The molecule has 0 amide bonds. The Balaban J connectivity index is 3.20. The predicted molar refractivity (Wildman–Crippen MR) is 61.7 cm³/mol. The standard InChI is InChI=1S/C10H8BrClF2O3/c1-16-9(15)8-5(4-12)2-6(3-7(8)11)17-10(13)14/h2-3,10H,4H2,1H3. The summed E-state index contributed by atoms with van der Waals surface area (Å²) in [5, 5.41) is 0. The number of carbonyl (C=O) groups is 1. The van der Waals surface area contributed by atoms with Crippen LogP contribution < -0.4 is 4.74 Å². The van der Waals surface area contributed by atoms with Crippen molar-refractivity contribution < 1.29 is 23.0 Å². The van der Waals surface area contributed by atoms with Crippen LogP contribution in [0.2, 0.25) is 0 Å². The molecule has 0 saturated heterocycles. The van der Waals surface area contributed by atoms with E-state index in [9.17, 15) is 13.6 Å². The fraction of sp³-hybridized carbons (Fsp3) is 0.300. The molecule has 94 valence electrons. The van der Waals surface area contributed by atoms with Crippen molar-refractivity contribution in [2.45, 2.75) is 12.5 Å². The number of methoxy groups -OCH3 is 1. The molecule has 3 nitrogen and oxygen atoms in total. The third kappa shape index (κ3) is 3.54. The van der Waals surface area contributed by atoms with Gasteiger partial charge in [0.1, 0.15) is 5.75 Å². The Hall–Kier alpha value is -0.880. The normalized spacial score (nSPS) is 10.5. The Kier molecular flexibility index (Phi) is 5.14. The molecule has 0 N–H and O–H groups in total. The molecule has 0 heterocycles. The summed E-state index contributed by atoms with van der Waals surface area (Å²) in [4.78, 5) is 11.4. The smallest absolute Gasteiger partial charge is 0.387 e. The van der Waals surface area contributed by atoms with E-state index in [4.69, 9.17) is 11.6 Å². The first-order valence-corrected chi connectivity index (χ1v) is 5.73. The van der Waals surface area contributed by atoms with Crippen molar-refractivity contribution in [3.8, 4) is 5.75 Å². The molecule has 0 aliphatic heterocycles. The largest absolute Gasteiger partial charge is 0.465 e. The number of hydrogen-bond donors (Lipinski definition) is 0. The molecule has 0 aromatic heterocycles. The highest BCUT2D eigenvalue weighted by Crippen LogP contribution is 2.29. The summed E-state index contributed by atoms with van der Waals surface area (Å²) < 4.78 is 33.2. The van der Waals surface area contributed by atoms with E-state index in [0.717, 1.165) is 0 Å². The first-order chi connectivity index (χ1) is 7.99. The van der Waals surface area contributed by atoms with Crippen LogP contribution in [0.3, 0.4) is 0 Å². The number of ether oxygens (including phenoxy) is 2. The molecule has 1 rings (SSSR count). The zero-order valence-electron chi connectivity index (χ0n) is 8.68. The molecule has 0 radical (unpaired) electrons. The van der Waals surface area contributed by atoms with E-state index < -0.39 is 12.6 Å². The first kappa shape index (κ1) is 14.2. The maximum Gasteiger partial charge on any atom is 0.387 e. The summed E-state index contributed by atoms with van der Waals surface area (Å²) in [6.45, 7) is -2.94. The van der Waals surface area contributed by atoms with Crippen molar-refractivity contribution in [2.75, 3.05) is 7.11 Å². The Bertz CT molecular complexity index is 426. The predicted octanol–water partition coefficient (Wildman–Crippen LogP) is 3.58. The summed E-state index contributed by atoms with van der Waals surface area (Å²) >= 11 is 8.73. The minimum atomic E-state index is -2.94. The van der Waals surface area contributed by atoms with Gasteiger partial charge in [0, 0.05) is 10.4 Å². The van der Waals surface area contributed by atoms with Crippen molar-refractivity contribution in [1.82, 2.24) is 0 Å². The molecular weight excluding hydrogens is 321 g/mol. The van der Waals surface area contributed by atoms with E-state index in [1.165, 1.54) is 19.2 Å². The lowest BCUT2D eigenvalue weighted by atomic mass is 10.1. The summed E-state index contributed by atoms with van der Waals surface area (Å²) in [5.74, 6) is -0.699. The molecule has 0 fully saturated rings. The number of benzene rings is 1. The molecule has 0 atom stereocenters. The Morgan fingerprint density at radius 1 is 1.53 bits per heavy atom. The Morgan fingerprint density at radius 2 is 2.18 bits per heavy atom. The van der Waals surface area contributed by atoms with Crippen molar-refractivity contribution in [2.24, 2.45) is 0 Å². The zero-order chi connectivity index (χ0) is 13.0. The van der Waals surface area contributed by atoms with E-state index in [2.05, 4.69) is 25.4 Å². The Labute approximate surface area is 110 Å². The van der Waals surface area contributed by atoms with Gasteiger partial charge < -0.3 is 9.47 Å². The topological polar surface area (TPSA) is 35.5 Å². The van der Waals surface area contributed by atoms with Crippen LogP contribution in [0.1, 0.15) is 15.9 Å². The third-order valence-electron chi connectivity index (χ3n) is 1.90. The second-order valence-electron chi connectivity index (χ2n) is 2.94. The lowest BCUT2D eigenvalue weighted by Gasteiger charge is -2.11. The van der Waals surface area contributed by atoms with Gasteiger partial charge in [-0.1, -0.05) is 0 Å². The number of carbonyl (C=O) groups excluding carboxylic acids is 1. The highest BCUT2D eigenvalue weighted by Gasteiger charge is 2.18. The van der Waals surface area contributed by atoms with Crippen LogP contribution in [-0.4, -0.2) is 19.7 Å². The SMILES string of the molecule is COC(=O)c1c(Br)cc(OC(F)F)cc1CCl. The second kappa shape index (κ2) is 6.16. The monoisotopic (exact) mass is 328 g/mol. The van der Waals surface area contributed by atoms with Gasteiger partial charge in [-0.3, -0.25) is 0 Å². The molecule has 0 bridgehead atoms. The third-order valence-corrected chi connectivity index (χ3v) is 2.82. The van der Waals surface area contributed by atoms with Crippen LogP contribution in [0.15, 0.2) is 16.6 Å². The van der Waals surface area contributed by atoms with Crippen LogP contribution in [-0.2, 0) is 10.6 Å². The molecule has 0 aliphatic rings. The van der Waals surface area contributed by atoms with Gasteiger partial charge in [0.2, 0.25) is 0 Å². The van der Waals surface area contributed by atoms with Crippen LogP contribution in [0.5, 0.6) is 5.75 Å². The average molecular weight is 330 g/mol. The van der Waals surface area contributed by atoms with Crippen LogP contribution >= 0.6 is 27.5 Å². The molecule has 1 aromatic carbocycles. The number of alkyl halides is 3. The van der Waals surface area contributed by atoms with Crippen molar-refractivity contribution in [3.63, 3.8) is 0 Å². The van der Waals surface area contributed by atoms with E-state index in [1.54, 1.807) is 0 Å². The Morgan fingerprint density at radius 3 is 2.65 bits per heavy atom. The van der Waals surface area contributed by atoms with Gasteiger partial charge in [-0.05, 0) is 33.6 Å². The molecule has 17 heavy (non-hydrogen) atoms. The van der Waals surface area contributed by atoms with E-state index >= 15 is 0 Å². The fourth-order valence-corrected chi connectivity index (χ4v) is 2.10. The minimum Gasteiger partial charge on any atom is -0.465 e.